The van der Waals surface area contributed by atoms with Gasteiger partial charge in [0.2, 0.25) is 0 Å². The molecule has 1 aliphatic rings. The van der Waals surface area contributed by atoms with Crippen LogP contribution in [0.25, 0.3) is 10.8 Å². The van der Waals surface area contributed by atoms with E-state index < -0.39 is 0 Å². The van der Waals surface area contributed by atoms with Crippen LogP contribution in [0.2, 0.25) is 0 Å². The molecule has 1 N–H and O–H groups in total. The number of nitrogens with zero attached hydrogens (tertiary/aromatic N) is 3. The van der Waals surface area contributed by atoms with Crippen LogP contribution in [0.3, 0.4) is 0 Å². The number of rotatable bonds is 2. The van der Waals surface area contributed by atoms with Gasteiger partial charge in [-0.25, -0.2) is 0 Å². The minimum Gasteiger partial charge on any atom is -0.259 e. The van der Waals surface area contributed by atoms with E-state index in [4.69, 9.17) is 0 Å². The first-order valence-corrected chi connectivity index (χ1v) is 8.03. The van der Waals surface area contributed by atoms with E-state index in [1.165, 1.54) is 17.5 Å². The van der Waals surface area contributed by atoms with E-state index in [1.54, 1.807) is 6.20 Å². The number of anilines is 1. The van der Waals surface area contributed by atoms with E-state index in [1.807, 2.05) is 24.3 Å². The molecule has 23 heavy (non-hydrogen) atoms. The Hall–Kier alpha value is -2.75. The molecule has 4 rings (SSSR count). The monoisotopic (exact) mass is 302 g/mol. The molecule has 0 amide bonds. The number of aromatic nitrogens is 2. The zero-order valence-electron chi connectivity index (χ0n) is 12.9. The molecule has 0 bridgehead atoms. The molecule has 0 saturated carbocycles. The van der Waals surface area contributed by atoms with Crippen molar-refractivity contribution in [3.05, 3.63) is 65.9 Å². The highest BCUT2D eigenvalue weighted by Crippen LogP contribution is 2.23. The van der Waals surface area contributed by atoms with Crippen molar-refractivity contribution in [3.8, 4) is 0 Å². The Morgan fingerprint density at radius 1 is 0.913 bits per heavy atom. The molecule has 0 fully saturated rings. The molecule has 1 heterocycles. The van der Waals surface area contributed by atoms with Crippen LogP contribution < -0.4 is 5.43 Å². The molecule has 4 nitrogen and oxygen atoms in total. The molecule has 2 aromatic carbocycles. The van der Waals surface area contributed by atoms with Crippen LogP contribution in [0.5, 0.6) is 0 Å². The SMILES string of the molecule is c1ccc2c(c1)CCCC/C2=N\Nc1nncc2ccccc12. The fourth-order valence-corrected chi connectivity index (χ4v) is 3.11. The molecule has 0 aliphatic heterocycles. The Labute approximate surface area is 135 Å². The summed E-state index contributed by atoms with van der Waals surface area (Å²) in [5, 5.41) is 15.0. The molecule has 4 heteroatoms. The standard InChI is InChI=1S/C19H18N4/c1-4-10-16-14(7-1)8-3-6-12-18(16)21-23-19-17-11-5-2-9-15(17)13-20-22-19/h1-2,4-5,7,9-11,13H,3,6,8,12H2,(H,22,23)/b21-18+. The van der Waals surface area contributed by atoms with Crippen LogP contribution in [0.1, 0.15) is 30.4 Å². The van der Waals surface area contributed by atoms with E-state index in [-0.39, 0.29) is 0 Å². The minimum atomic E-state index is 0.706. The van der Waals surface area contributed by atoms with Gasteiger partial charge in [0.15, 0.2) is 5.82 Å². The van der Waals surface area contributed by atoms with Crippen molar-refractivity contribution >= 4 is 22.3 Å². The van der Waals surface area contributed by atoms with Crippen LogP contribution in [-0.4, -0.2) is 15.9 Å². The summed E-state index contributed by atoms with van der Waals surface area (Å²) in [6, 6.07) is 16.6. The van der Waals surface area contributed by atoms with E-state index in [2.05, 4.69) is 45.0 Å². The Morgan fingerprint density at radius 2 is 1.74 bits per heavy atom. The summed E-state index contributed by atoms with van der Waals surface area (Å²) in [4.78, 5) is 0. The number of aryl methyl sites for hydroxylation is 1. The molecule has 3 aromatic rings. The summed E-state index contributed by atoms with van der Waals surface area (Å²) in [5.41, 5.74) is 6.88. The molecule has 1 aliphatic carbocycles. The van der Waals surface area contributed by atoms with Crippen molar-refractivity contribution in [2.24, 2.45) is 5.10 Å². The highest BCUT2D eigenvalue weighted by Gasteiger charge is 2.13. The largest absolute Gasteiger partial charge is 0.259 e. The van der Waals surface area contributed by atoms with Crippen molar-refractivity contribution in [3.63, 3.8) is 0 Å². The third-order valence-corrected chi connectivity index (χ3v) is 4.31. The number of benzene rings is 2. The Morgan fingerprint density at radius 3 is 2.74 bits per heavy atom. The summed E-state index contributed by atoms with van der Waals surface area (Å²) in [7, 11) is 0. The molecule has 114 valence electrons. The van der Waals surface area contributed by atoms with Crippen LogP contribution in [-0.2, 0) is 6.42 Å². The van der Waals surface area contributed by atoms with Gasteiger partial charge in [-0.2, -0.15) is 10.2 Å². The number of hydrogen-bond acceptors (Lipinski definition) is 4. The lowest BCUT2D eigenvalue weighted by Crippen LogP contribution is -2.06. The van der Waals surface area contributed by atoms with Gasteiger partial charge in [-0.15, -0.1) is 5.10 Å². The summed E-state index contributed by atoms with van der Waals surface area (Å²) < 4.78 is 0. The summed E-state index contributed by atoms with van der Waals surface area (Å²) in [5.74, 6) is 0.706. The first-order valence-electron chi connectivity index (χ1n) is 8.03. The van der Waals surface area contributed by atoms with Gasteiger partial charge >= 0.3 is 0 Å². The van der Waals surface area contributed by atoms with Crippen molar-refractivity contribution < 1.29 is 0 Å². The Balaban J connectivity index is 1.71. The van der Waals surface area contributed by atoms with E-state index in [9.17, 15) is 0 Å². The molecule has 0 radical (unpaired) electrons. The van der Waals surface area contributed by atoms with Gasteiger partial charge < -0.3 is 0 Å². The van der Waals surface area contributed by atoms with Gasteiger partial charge in [0, 0.05) is 16.3 Å². The van der Waals surface area contributed by atoms with Gasteiger partial charge in [0.25, 0.3) is 0 Å². The Kier molecular flexibility index (Phi) is 3.72. The second-order valence-corrected chi connectivity index (χ2v) is 5.81. The van der Waals surface area contributed by atoms with Gasteiger partial charge in [-0.05, 0) is 31.2 Å². The third kappa shape index (κ3) is 2.80. The molecule has 0 atom stereocenters. The van der Waals surface area contributed by atoms with E-state index >= 15 is 0 Å². The topological polar surface area (TPSA) is 50.2 Å². The fourth-order valence-electron chi connectivity index (χ4n) is 3.11. The quantitative estimate of drug-likeness (QED) is 0.571. The molecule has 0 spiro atoms. The molecular formula is C19H18N4. The summed E-state index contributed by atoms with van der Waals surface area (Å²) >= 11 is 0. The van der Waals surface area contributed by atoms with Crippen LogP contribution in [0.15, 0.2) is 59.8 Å². The first-order chi connectivity index (χ1) is 11.4. The predicted octanol–water partition coefficient (Wildman–Crippen LogP) is 4.17. The lowest BCUT2D eigenvalue weighted by Gasteiger charge is -2.09. The average Bonchev–Trinajstić information content (AvgIpc) is 2.82. The lowest BCUT2D eigenvalue weighted by molar-refractivity contribution is 0.776. The zero-order chi connectivity index (χ0) is 15.5. The fraction of sp³-hybridized carbons (Fsp3) is 0.211. The van der Waals surface area contributed by atoms with Crippen LogP contribution >= 0.6 is 0 Å². The maximum Gasteiger partial charge on any atom is 0.176 e. The highest BCUT2D eigenvalue weighted by molar-refractivity contribution is 6.02. The maximum absolute atomic E-state index is 4.67. The van der Waals surface area contributed by atoms with E-state index in [0.717, 1.165) is 35.7 Å². The van der Waals surface area contributed by atoms with E-state index in [0.29, 0.717) is 5.82 Å². The minimum absolute atomic E-state index is 0.706. The second kappa shape index (κ2) is 6.16. The van der Waals surface area contributed by atoms with Crippen molar-refractivity contribution in [1.82, 2.24) is 10.2 Å². The number of fused-ring (bicyclic) bond motifs is 2. The van der Waals surface area contributed by atoms with Crippen molar-refractivity contribution in [1.29, 1.82) is 0 Å². The lowest BCUT2D eigenvalue weighted by atomic mass is 10.0. The maximum atomic E-state index is 4.67. The normalized spacial score (nSPS) is 16.1. The Bertz CT molecular complexity index is 865. The third-order valence-electron chi connectivity index (χ3n) is 4.31. The van der Waals surface area contributed by atoms with Gasteiger partial charge in [-0.3, -0.25) is 5.43 Å². The smallest absolute Gasteiger partial charge is 0.176 e. The number of nitrogens with one attached hydrogen (secondary N) is 1. The predicted molar refractivity (Wildman–Crippen MR) is 93.7 cm³/mol. The van der Waals surface area contributed by atoms with Crippen molar-refractivity contribution in [2.75, 3.05) is 5.43 Å². The van der Waals surface area contributed by atoms with Gasteiger partial charge in [0.1, 0.15) is 0 Å². The highest BCUT2D eigenvalue weighted by atomic mass is 15.3. The number of hydrogen-bond donors (Lipinski definition) is 1. The molecule has 0 saturated heterocycles. The summed E-state index contributed by atoms with van der Waals surface area (Å²) in [6.45, 7) is 0. The van der Waals surface area contributed by atoms with Gasteiger partial charge in [-0.1, -0.05) is 48.5 Å². The average molecular weight is 302 g/mol. The molecular weight excluding hydrogens is 284 g/mol. The van der Waals surface area contributed by atoms with Gasteiger partial charge in [0.05, 0.1) is 11.9 Å². The number of hydrazone groups is 1. The van der Waals surface area contributed by atoms with Crippen LogP contribution in [0.4, 0.5) is 5.82 Å². The van der Waals surface area contributed by atoms with Crippen molar-refractivity contribution in [2.45, 2.75) is 25.7 Å². The summed E-state index contributed by atoms with van der Waals surface area (Å²) in [6.07, 6.45) is 6.26. The van der Waals surface area contributed by atoms with Crippen LogP contribution in [0, 0.1) is 0 Å². The molecule has 0 unspecified atom stereocenters. The zero-order valence-corrected chi connectivity index (χ0v) is 12.9. The second-order valence-electron chi connectivity index (χ2n) is 5.81. The molecule has 1 aromatic heterocycles. The first kappa shape index (κ1) is 13.9.